The molecule has 0 saturated carbocycles. The van der Waals surface area contributed by atoms with Crippen molar-refractivity contribution in [2.24, 2.45) is 5.41 Å². The van der Waals surface area contributed by atoms with Gasteiger partial charge in [0.1, 0.15) is 6.26 Å². The molecule has 152 valence electrons. The molecule has 0 unspecified atom stereocenters. The van der Waals surface area contributed by atoms with E-state index in [0.29, 0.717) is 5.88 Å². The number of ether oxygens (including phenoxy) is 1. The summed E-state index contributed by atoms with van der Waals surface area (Å²) >= 11 is 0. The molecule has 0 fully saturated rings. The normalized spacial score (nSPS) is 14.3. The fraction of sp³-hybridized carbons (Fsp3) is 0.833. The molecule has 0 bridgehead atoms. The van der Waals surface area contributed by atoms with Gasteiger partial charge in [0.25, 0.3) is 0 Å². The fourth-order valence-corrected chi connectivity index (χ4v) is 3.74. The zero-order valence-corrected chi connectivity index (χ0v) is 18.0. The van der Waals surface area contributed by atoms with Gasteiger partial charge in [0.15, 0.2) is 5.88 Å². The van der Waals surface area contributed by atoms with Crippen LogP contribution in [0.1, 0.15) is 124 Å². The van der Waals surface area contributed by atoms with Gasteiger partial charge in [0.05, 0.1) is 5.70 Å². The highest BCUT2D eigenvalue weighted by atomic mass is 16.5. The molecular formula is C24H45NO. The van der Waals surface area contributed by atoms with Crippen LogP contribution in [0.5, 0.6) is 0 Å². The van der Waals surface area contributed by atoms with Crippen molar-refractivity contribution in [1.82, 2.24) is 5.32 Å². The van der Waals surface area contributed by atoms with E-state index in [-0.39, 0.29) is 5.41 Å². The summed E-state index contributed by atoms with van der Waals surface area (Å²) in [5.41, 5.74) is 1.34. The Balaban J connectivity index is 1.83. The first-order valence-electron chi connectivity index (χ1n) is 11.4. The first-order valence-corrected chi connectivity index (χ1v) is 11.4. The van der Waals surface area contributed by atoms with Gasteiger partial charge < -0.3 is 10.1 Å². The quantitative estimate of drug-likeness (QED) is 0.263. The lowest BCUT2D eigenvalue weighted by Gasteiger charge is -2.25. The summed E-state index contributed by atoms with van der Waals surface area (Å²) in [6.07, 6.45) is 24.4. The molecule has 0 spiro atoms. The minimum absolute atomic E-state index is 0.163. The number of hydrogen-bond acceptors (Lipinski definition) is 2. The molecule has 0 aromatic heterocycles. The van der Waals surface area contributed by atoms with Crippen LogP contribution < -0.4 is 5.32 Å². The van der Waals surface area contributed by atoms with Crippen LogP contribution in [0.15, 0.2) is 24.4 Å². The molecule has 0 amide bonds. The summed E-state index contributed by atoms with van der Waals surface area (Å²) < 4.78 is 5.31. The Bertz CT molecular complexity index is 397. The zero-order valence-electron chi connectivity index (χ0n) is 18.0. The van der Waals surface area contributed by atoms with Gasteiger partial charge in [-0.25, -0.2) is 0 Å². The summed E-state index contributed by atoms with van der Waals surface area (Å²) in [6, 6.07) is 0. The molecule has 2 heteroatoms. The smallest absolute Gasteiger partial charge is 0.189 e. The van der Waals surface area contributed by atoms with E-state index in [9.17, 15) is 0 Å². The maximum atomic E-state index is 5.31. The molecular weight excluding hydrogens is 318 g/mol. The first kappa shape index (κ1) is 23.1. The van der Waals surface area contributed by atoms with Gasteiger partial charge in [0, 0.05) is 5.41 Å². The van der Waals surface area contributed by atoms with Gasteiger partial charge in [-0.15, -0.1) is 0 Å². The maximum absolute atomic E-state index is 5.31. The third-order valence-corrected chi connectivity index (χ3v) is 5.73. The summed E-state index contributed by atoms with van der Waals surface area (Å²) in [7, 11) is 0. The average Bonchev–Trinajstić information content (AvgIpc) is 3.06. The van der Waals surface area contributed by atoms with E-state index in [0.717, 1.165) is 0 Å². The minimum Gasteiger partial charge on any atom is -0.448 e. The third kappa shape index (κ3) is 10.9. The van der Waals surface area contributed by atoms with Gasteiger partial charge in [-0.05, 0) is 13.0 Å². The second-order valence-electron chi connectivity index (χ2n) is 8.78. The standard InChI is InChI=1S/C24H45NO/c1-5-6-7-8-9-10-11-12-13-14-15-16-17-18-19-20-24(3,4)23-21-26-22(2)25-23/h21,25H,2,5-20H2,1,3-4H3. The van der Waals surface area contributed by atoms with Crippen molar-refractivity contribution < 1.29 is 4.74 Å². The lowest BCUT2D eigenvalue weighted by Crippen LogP contribution is -2.22. The molecule has 0 atom stereocenters. The Morgan fingerprint density at radius 2 is 1.19 bits per heavy atom. The van der Waals surface area contributed by atoms with E-state index >= 15 is 0 Å². The van der Waals surface area contributed by atoms with Gasteiger partial charge in [-0.1, -0.05) is 117 Å². The lowest BCUT2D eigenvalue weighted by molar-refractivity contribution is 0.359. The van der Waals surface area contributed by atoms with Crippen molar-refractivity contribution in [3.8, 4) is 0 Å². The SMILES string of the molecule is C=C1NC(C(C)(C)CCCCCCCCCCCCCCCCC)=CO1. The van der Waals surface area contributed by atoms with Gasteiger partial charge >= 0.3 is 0 Å². The molecule has 2 nitrogen and oxygen atoms in total. The van der Waals surface area contributed by atoms with Crippen molar-refractivity contribution >= 4 is 0 Å². The largest absolute Gasteiger partial charge is 0.448 e. The number of nitrogens with one attached hydrogen (secondary N) is 1. The van der Waals surface area contributed by atoms with E-state index in [1.165, 1.54) is 108 Å². The summed E-state index contributed by atoms with van der Waals surface area (Å²) in [5, 5.41) is 3.24. The zero-order chi connectivity index (χ0) is 19.1. The van der Waals surface area contributed by atoms with E-state index in [2.05, 4.69) is 32.7 Å². The number of rotatable bonds is 17. The van der Waals surface area contributed by atoms with Gasteiger partial charge in [-0.3, -0.25) is 0 Å². The molecule has 0 aromatic carbocycles. The molecule has 1 heterocycles. The van der Waals surface area contributed by atoms with E-state index in [1.54, 1.807) is 0 Å². The van der Waals surface area contributed by atoms with Crippen LogP contribution in [0.2, 0.25) is 0 Å². The highest BCUT2D eigenvalue weighted by Gasteiger charge is 2.26. The Kier molecular flexibility index (Phi) is 12.6. The third-order valence-electron chi connectivity index (χ3n) is 5.73. The Morgan fingerprint density at radius 1 is 0.769 bits per heavy atom. The summed E-state index contributed by atoms with van der Waals surface area (Å²) in [4.78, 5) is 0. The molecule has 1 aliphatic rings. The predicted octanol–water partition coefficient (Wildman–Crippen LogP) is 8.21. The second-order valence-corrected chi connectivity index (χ2v) is 8.78. The van der Waals surface area contributed by atoms with Crippen molar-refractivity contribution in [1.29, 1.82) is 0 Å². The number of allylic oxidation sites excluding steroid dienone is 1. The van der Waals surface area contributed by atoms with E-state index in [1.807, 2.05) is 6.26 Å². The average molecular weight is 364 g/mol. The highest BCUT2D eigenvalue weighted by molar-refractivity contribution is 5.16. The van der Waals surface area contributed by atoms with Gasteiger partial charge in [-0.2, -0.15) is 0 Å². The Hall–Kier alpha value is -0.920. The maximum Gasteiger partial charge on any atom is 0.189 e. The number of unbranched alkanes of at least 4 members (excludes halogenated alkanes) is 14. The van der Waals surface area contributed by atoms with Crippen molar-refractivity contribution in [3.63, 3.8) is 0 Å². The van der Waals surface area contributed by atoms with Crippen LogP contribution in [0.4, 0.5) is 0 Å². The fourth-order valence-electron chi connectivity index (χ4n) is 3.74. The molecule has 1 N–H and O–H groups in total. The molecule has 0 saturated heterocycles. The van der Waals surface area contributed by atoms with Crippen molar-refractivity contribution in [2.45, 2.75) is 124 Å². The molecule has 0 radical (unpaired) electrons. The van der Waals surface area contributed by atoms with Crippen LogP contribution in [0, 0.1) is 5.41 Å². The second kappa shape index (κ2) is 14.2. The Labute approximate surface area is 163 Å². The predicted molar refractivity (Wildman–Crippen MR) is 115 cm³/mol. The summed E-state index contributed by atoms with van der Waals surface area (Å²) in [6.45, 7) is 10.7. The van der Waals surface area contributed by atoms with Crippen molar-refractivity contribution in [3.05, 3.63) is 24.4 Å². The lowest BCUT2D eigenvalue weighted by atomic mass is 9.84. The topological polar surface area (TPSA) is 21.3 Å². The van der Waals surface area contributed by atoms with Crippen LogP contribution >= 0.6 is 0 Å². The molecule has 26 heavy (non-hydrogen) atoms. The van der Waals surface area contributed by atoms with Crippen LogP contribution in [-0.4, -0.2) is 0 Å². The number of hydrogen-bond donors (Lipinski definition) is 1. The Morgan fingerprint density at radius 3 is 1.58 bits per heavy atom. The monoisotopic (exact) mass is 363 g/mol. The van der Waals surface area contributed by atoms with Crippen LogP contribution in [0.25, 0.3) is 0 Å². The molecule has 0 aromatic rings. The minimum atomic E-state index is 0.163. The molecule has 1 rings (SSSR count). The van der Waals surface area contributed by atoms with Gasteiger partial charge in [0.2, 0.25) is 0 Å². The van der Waals surface area contributed by atoms with E-state index < -0.39 is 0 Å². The summed E-state index contributed by atoms with van der Waals surface area (Å²) in [5.74, 6) is 0.657. The highest BCUT2D eigenvalue weighted by Crippen LogP contribution is 2.33. The molecule has 0 aliphatic carbocycles. The van der Waals surface area contributed by atoms with E-state index in [4.69, 9.17) is 4.74 Å². The van der Waals surface area contributed by atoms with Crippen molar-refractivity contribution in [2.75, 3.05) is 0 Å². The van der Waals surface area contributed by atoms with Crippen LogP contribution in [0.3, 0.4) is 0 Å². The van der Waals surface area contributed by atoms with Crippen LogP contribution in [-0.2, 0) is 4.74 Å². The molecule has 1 aliphatic heterocycles. The first-order chi connectivity index (χ1) is 12.6.